The minimum absolute atomic E-state index is 0.00603. The molecule has 7 heteroatoms. The Hall–Kier alpha value is -4.44. The molecular formula is C34H37N3O4. The molecule has 1 N–H and O–H groups in total. The molecule has 5 rings (SSSR count). The van der Waals surface area contributed by atoms with Crippen LogP contribution in [0, 0.1) is 19.3 Å². The number of nitrogens with one attached hydrogen (secondary N) is 1. The first-order valence-electron chi connectivity index (χ1n) is 14.1. The van der Waals surface area contributed by atoms with Crippen LogP contribution in [0.15, 0.2) is 60.7 Å². The molecule has 1 aliphatic heterocycles. The Kier molecular flexibility index (Phi) is 7.94. The molecule has 0 spiro atoms. The maximum atomic E-state index is 12.8. The lowest BCUT2D eigenvalue weighted by atomic mass is 9.98. The molecule has 3 aromatic rings. The van der Waals surface area contributed by atoms with Gasteiger partial charge in [-0.15, -0.1) is 6.42 Å². The molecule has 7 nitrogen and oxygen atoms in total. The summed E-state index contributed by atoms with van der Waals surface area (Å²) >= 11 is 0. The average molecular weight is 552 g/mol. The largest absolute Gasteiger partial charge is 0.449 e. The van der Waals surface area contributed by atoms with Gasteiger partial charge in [0.25, 0.3) is 0 Å². The van der Waals surface area contributed by atoms with E-state index in [1.54, 1.807) is 4.90 Å². The van der Waals surface area contributed by atoms with E-state index in [1.807, 2.05) is 58.0 Å². The second-order valence-electron chi connectivity index (χ2n) is 11.6. The van der Waals surface area contributed by atoms with Crippen molar-refractivity contribution in [1.82, 2.24) is 10.2 Å². The number of rotatable bonds is 5. The third kappa shape index (κ3) is 6.17. The lowest BCUT2D eigenvalue weighted by Crippen LogP contribution is -2.50. The maximum absolute atomic E-state index is 12.8. The second-order valence-corrected chi connectivity index (χ2v) is 11.6. The normalized spacial score (nSPS) is 14.6. The van der Waals surface area contributed by atoms with Crippen molar-refractivity contribution in [2.45, 2.75) is 45.8 Å². The molecule has 0 bridgehead atoms. The van der Waals surface area contributed by atoms with E-state index in [2.05, 4.69) is 46.5 Å². The van der Waals surface area contributed by atoms with E-state index in [-0.39, 0.29) is 25.2 Å². The Labute approximate surface area is 242 Å². The number of hydrogen-bond donors (Lipinski definition) is 1. The van der Waals surface area contributed by atoms with Crippen molar-refractivity contribution >= 4 is 17.9 Å². The molecule has 0 atom stereocenters. The van der Waals surface area contributed by atoms with Gasteiger partial charge in [0, 0.05) is 49.9 Å². The number of piperazine rings is 1. The predicted octanol–water partition coefficient (Wildman–Crippen LogP) is 6.07. The van der Waals surface area contributed by atoms with Crippen molar-refractivity contribution < 1.29 is 19.1 Å². The minimum atomic E-state index is -0.527. The van der Waals surface area contributed by atoms with Crippen molar-refractivity contribution in [2.75, 3.05) is 37.7 Å². The highest BCUT2D eigenvalue weighted by Gasteiger charge is 2.29. The minimum Gasteiger partial charge on any atom is -0.449 e. The molecule has 1 aliphatic carbocycles. The van der Waals surface area contributed by atoms with Gasteiger partial charge in [0.1, 0.15) is 12.2 Å². The van der Waals surface area contributed by atoms with Gasteiger partial charge < -0.3 is 24.6 Å². The van der Waals surface area contributed by atoms with Gasteiger partial charge in [0.15, 0.2) is 0 Å². The highest BCUT2D eigenvalue weighted by atomic mass is 16.6. The van der Waals surface area contributed by atoms with Crippen LogP contribution in [0.5, 0.6) is 0 Å². The summed E-state index contributed by atoms with van der Waals surface area (Å²) < 4.78 is 11.2. The van der Waals surface area contributed by atoms with Crippen LogP contribution in [-0.2, 0) is 16.0 Å². The zero-order chi connectivity index (χ0) is 29.1. The van der Waals surface area contributed by atoms with Gasteiger partial charge >= 0.3 is 12.2 Å². The maximum Gasteiger partial charge on any atom is 0.410 e. The molecule has 1 fully saturated rings. The van der Waals surface area contributed by atoms with Crippen molar-refractivity contribution in [1.29, 1.82) is 0 Å². The summed E-state index contributed by atoms with van der Waals surface area (Å²) in [7, 11) is 0. The van der Waals surface area contributed by atoms with Crippen LogP contribution in [-0.4, -0.2) is 55.5 Å². The molecule has 212 valence electrons. The Morgan fingerprint density at radius 1 is 0.976 bits per heavy atom. The fourth-order valence-corrected chi connectivity index (χ4v) is 5.62. The van der Waals surface area contributed by atoms with Crippen molar-refractivity contribution in [3.63, 3.8) is 0 Å². The van der Waals surface area contributed by atoms with Gasteiger partial charge in [-0.3, -0.25) is 0 Å². The molecule has 41 heavy (non-hydrogen) atoms. The van der Waals surface area contributed by atoms with E-state index in [4.69, 9.17) is 15.9 Å². The zero-order valence-electron chi connectivity index (χ0n) is 24.2. The van der Waals surface area contributed by atoms with Crippen LogP contribution in [0.1, 0.15) is 54.5 Å². The highest BCUT2D eigenvalue weighted by Crippen LogP contribution is 2.44. The third-order valence-corrected chi connectivity index (χ3v) is 7.65. The van der Waals surface area contributed by atoms with Gasteiger partial charge in [-0.05, 0) is 73.2 Å². The number of carbonyl (C=O) groups is 2. The summed E-state index contributed by atoms with van der Waals surface area (Å²) in [5, 5.41) is 2.90. The first-order valence-corrected chi connectivity index (χ1v) is 14.1. The lowest BCUT2D eigenvalue weighted by molar-refractivity contribution is 0.0240. The number of benzene rings is 3. The van der Waals surface area contributed by atoms with Crippen LogP contribution in [0.3, 0.4) is 0 Å². The molecule has 1 saturated heterocycles. The van der Waals surface area contributed by atoms with Crippen LogP contribution >= 0.6 is 0 Å². The molecule has 0 unspecified atom stereocenters. The number of terminal acetylenes is 1. The Morgan fingerprint density at radius 3 is 2.17 bits per heavy atom. The number of carbonyl (C=O) groups excluding carboxylic acids is 2. The standard InChI is InChI=1S/C34H37N3O4/c1-6-25-19-24(20-31(23(25)2)36-15-17-37(18-16-36)33(39)41-34(3,4)5)21-35-32(38)40-22-30-28-13-9-7-11-26(28)27-12-8-10-14-29(27)30/h1,7-14,19-20,30H,15-18,21-22H2,2-5H3,(H,35,38). The number of alkyl carbamates (subject to hydrolysis) is 1. The van der Waals surface area contributed by atoms with Crippen LogP contribution in [0.25, 0.3) is 11.1 Å². The monoisotopic (exact) mass is 551 g/mol. The molecule has 2 amide bonds. The van der Waals surface area contributed by atoms with Crippen LogP contribution in [0.2, 0.25) is 0 Å². The molecular weight excluding hydrogens is 514 g/mol. The lowest BCUT2D eigenvalue weighted by Gasteiger charge is -2.37. The number of hydrogen-bond acceptors (Lipinski definition) is 5. The fourth-order valence-electron chi connectivity index (χ4n) is 5.62. The Balaban J connectivity index is 1.21. The summed E-state index contributed by atoms with van der Waals surface area (Å²) in [5.41, 5.74) is 7.89. The van der Waals surface area contributed by atoms with E-state index in [9.17, 15) is 9.59 Å². The van der Waals surface area contributed by atoms with E-state index in [0.29, 0.717) is 26.2 Å². The van der Waals surface area contributed by atoms with E-state index < -0.39 is 11.7 Å². The molecule has 0 saturated carbocycles. The fraction of sp³-hybridized carbons (Fsp3) is 0.353. The van der Waals surface area contributed by atoms with Gasteiger partial charge in [0.05, 0.1) is 0 Å². The molecule has 1 heterocycles. The average Bonchev–Trinajstić information content (AvgIpc) is 3.28. The van der Waals surface area contributed by atoms with E-state index in [0.717, 1.165) is 22.4 Å². The number of amides is 2. The molecule has 0 radical (unpaired) electrons. The Morgan fingerprint density at radius 2 is 1.59 bits per heavy atom. The molecule has 2 aliphatic rings. The van der Waals surface area contributed by atoms with Crippen LogP contribution in [0.4, 0.5) is 15.3 Å². The summed E-state index contributed by atoms with van der Waals surface area (Å²) in [6, 6.07) is 20.5. The smallest absolute Gasteiger partial charge is 0.410 e. The number of fused-ring (bicyclic) bond motifs is 3. The highest BCUT2D eigenvalue weighted by molar-refractivity contribution is 5.79. The van der Waals surface area contributed by atoms with Gasteiger partial charge in [0.2, 0.25) is 0 Å². The molecule has 0 aromatic heterocycles. The van der Waals surface area contributed by atoms with Gasteiger partial charge in [-0.2, -0.15) is 0 Å². The van der Waals surface area contributed by atoms with Crippen molar-refractivity contribution in [3.8, 4) is 23.5 Å². The SMILES string of the molecule is C#Cc1cc(CNC(=O)OCC2c3ccccc3-c3ccccc32)cc(N2CCN(C(=O)OC(C)(C)C)CC2)c1C. The molecule has 3 aromatic carbocycles. The quantitative estimate of drug-likeness (QED) is 0.390. The van der Waals surface area contributed by atoms with Crippen molar-refractivity contribution in [3.05, 3.63) is 88.5 Å². The van der Waals surface area contributed by atoms with Crippen LogP contribution < -0.4 is 10.2 Å². The van der Waals surface area contributed by atoms with E-state index in [1.165, 1.54) is 22.3 Å². The number of anilines is 1. The predicted molar refractivity (Wildman–Crippen MR) is 161 cm³/mol. The summed E-state index contributed by atoms with van der Waals surface area (Å²) in [4.78, 5) is 29.2. The van der Waals surface area contributed by atoms with Gasteiger partial charge in [-0.1, -0.05) is 54.5 Å². The topological polar surface area (TPSA) is 71.1 Å². The number of nitrogens with zero attached hydrogens (tertiary/aromatic N) is 2. The van der Waals surface area contributed by atoms with E-state index >= 15 is 0 Å². The van der Waals surface area contributed by atoms with Gasteiger partial charge in [-0.25, -0.2) is 9.59 Å². The first kappa shape index (κ1) is 28.1. The Bertz CT molecular complexity index is 1450. The zero-order valence-corrected chi connectivity index (χ0v) is 24.2. The summed E-state index contributed by atoms with van der Waals surface area (Å²) in [6.07, 6.45) is 5.08. The first-order chi connectivity index (χ1) is 19.6. The summed E-state index contributed by atoms with van der Waals surface area (Å²) in [5.74, 6) is 2.79. The second kappa shape index (κ2) is 11.6. The third-order valence-electron chi connectivity index (χ3n) is 7.65. The van der Waals surface area contributed by atoms with Crippen molar-refractivity contribution in [2.24, 2.45) is 0 Å². The number of ether oxygens (including phenoxy) is 2. The summed E-state index contributed by atoms with van der Waals surface area (Å²) in [6.45, 7) is 10.6.